The Bertz CT molecular complexity index is 653. The molecule has 2 aromatic rings. The third-order valence-corrected chi connectivity index (χ3v) is 3.44. The molecule has 2 aromatic heterocycles. The van der Waals surface area contributed by atoms with Crippen molar-refractivity contribution in [3.05, 3.63) is 43.4 Å². The minimum Gasteiger partial charge on any atom is -0.304 e. The van der Waals surface area contributed by atoms with Crippen LogP contribution in [0.15, 0.2) is 27.7 Å². The molecule has 0 radical (unpaired) electrons. The van der Waals surface area contributed by atoms with E-state index in [9.17, 15) is 4.79 Å². The average molecular weight is 427 g/mol. The summed E-state index contributed by atoms with van der Waals surface area (Å²) in [7, 11) is 0. The second-order valence-electron chi connectivity index (χ2n) is 3.27. The fourth-order valence-electron chi connectivity index (χ4n) is 1.19. The Kier molecular flexibility index (Phi) is 4.72. The predicted octanol–water partition coefficient (Wildman–Crippen LogP) is 3.96. The topological polar surface area (TPSA) is 67.8 Å². The predicted molar refractivity (Wildman–Crippen MR) is 79.6 cm³/mol. The van der Waals surface area contributed by atoms with Crippen LogP contribution in [0, 0.1) is 0 Å². The summed E-state index contributed by atoms with van der Waals surface area (Å²) in [6, 6.07) is 1.37. The highest BCUT2D eigenvalue weighted by Gasteiger charge is 2.14. The Balaban J connectivity index is 2.28. The zero-order chi connectivity index (χ0) is 14.0. The zero-order valence-corrected chi connectivity index (χ0v) is 13.7. The van der Waals surface area contributed by atoms with Crippen LogP contribution >= 0.6 is 55.1 Å². The van der Waals surface area contributed by atoms with Crippen LogP contribution in [0.4, 0.5) is 5.82 Å². The molecular weight excluding hydrogens is 423 g/mol. The summed E-state index contributed by atoms with van der Waals surface area (Å²) < 4.78 is 0.939. The SMILES string of the molecule is O=C(Nc1ncc(Br)nc1Br)c1cc(Cl)ncc1Cl. The van der Waals surface area contributed by atoms with E-state index in [0.29, 0.717) is 9.21 Å². The number of nitrogens with zero attached hydrogens (tertiary/aromatic N) is 3. The number of carbonyl (C=O) groups is 1. The van der Waals surface area contributed by atoms with Gasteiger partial charge in [0.1, 0.15) is 14.4 Å². The second kappa shape index (κ2) is 6.13. The lowest BCUT2D eigenvalue weighted by atomic mass is 10.2. The Hall–Kier alpha value is -0.760. The van der Waals surface area contributed by atoms with Crippen LogP contribution in [0.5, 0.6) is 0 Å². The highest BCUT2D eigenvalue weighted by molar-refractivity contribution is 9.11. The van der Waals surface area contributed by atoms with Gasteiger partial charge in [-0.1, -0.05) is 23.2 Å². The van der Waals surface area contributed by atoms with Gasteiger partial charge in [0.15, 0.2) is 5.82 Å². The number of rotatable bonds is 2. The molecule has 98 valence electrons. The molecule has 0 unspecified atom stereocenters. The smallest absolute Gasteiger partial charge is 0.258 e. The first-order valence-corrected chi connectivity index (χ1v) is 7.12. The number of hydrogen-bond acceptors (Lipinski definition) is 4. The number of anilines is 1. The Morgan fingerprint density at radius 2 is 1.95 bits per heavy atom. The van der Waals surface area contributed by atoms with Gasteiger partial charge in [0.05, 0.1) is 16.8 Å². The van der Waals surface area contributed by atoms with Gasteiger partial charge in [0.25, 0.3) is 5.91 Å². The minimum atomic E-state index is -0.452. The maximum atomic E-state index is 12.0. The number of hydrogen-bond donors (Lipinski definition) is 1. The summed E-state index contributed by atoms with van der Waals surface area (Å²) in [4.78, 5) is 23.9. The van der Waals surface area contributed by atoms with E-state index in [1.165, 1.54) is 18.5 Å². The summed E-state index contributed by atoms with van der Waals surface area (Å²) in [5, 5.41) is 2.94. The van der Waals surface area contributed by atoms with Gasteiger partial charge in [-0.05, 0) is 37.9 Å². The summed E-state index contributed by atoms with van der Waals surface area (Å²) in [6.45, 7) is 0. The maximum absolute atomic E-state index is 12.0. The number of aromatic nitrogens is 3. The molecule has 2 heterocycles. The standard InChI is InChI=1S/C10H4Br2Cl2N4O/c11-6-3-16-9(8(12)17-6)18-10(19)4-1-7(14)15-2-5(4)13/h1-3H,(H,16,18,19). The van der Waals surface area contributed by atoms with Crippen LogP contribution in [0.2, 0.25) is 10.2 Å². The highest BCUT2D eigenvalue weighted by atomic mass is 79.9. The van der Waals surface area contributed by atoms with Crippen LogP contribution in [-0.4, -0.2) is 20.9 Å². The van der Waals surface area contributed by atoms with E-state index in [1.54, 1.807) is 0 Å². The quantitative estimate of drug-likeness (QED) is 0.738. The van der Waals surface area contributed by atoms with E-state index < -0.39 is 5.91 Å². The van der Waals surface area contributed by atoms with Crippen LogP contribution < -0.4 is 5.32 Å². The first-order chi connectivity index (χ1) is 8.97. The van der Waals surface area contributed by atoms with Crippen molar-refractivity contribution in [2.24, 2.45) is 0 Å². The summed E-state index contributed by atoms with van der Waals surface area (Å²) >= 11 is 18.0. The van der Waals surface area contributed by atoms with Crippen molar-refractivity contribution in [3.8, 4) is 0 Å². The fourth-order valence-corrected chi connectivity index (χ4v) is 2.45. The molecule has 0 saturated carbocycles. The molecule has 0 atom stereocenters. The van der Waals surface area contributed by atoms with Gasteiger partial charge >= 0.3 is 0 Å². The van der Waals surface area contributed by atoms with Crippen LogP contribution in [0.1, 0.15) is 10.4 Å². The minimum absolute atomic E-state index is 0.176. The van der Waals surface area contributed by atoms with Crippen molar-refractivity contribution in [1.29, 1.82) is 0 Å². The molecule has 0 aliphatic carbocycles. The first kappa shape index (κ1) is 14.6. The molecule has 0 aromatic carbocycles. The number of pyridine rings is 1. The molecule has 0 spiro atoms. The fraction of sp³-hybridized carbons (Fsp3) is 0. The van der Waals surface area contributed by atoms with Crippen molar-refractivity contribution in [3.63, 3.8) is 0 Å². The van der Waals surface area contributed by atoms with E-state index in [2.05, 4.69) is 52.1 Å². The summed E-state index contributed by atoms with van der Waals surface area (Å²) in [5.74, 6) is -0.177. The Labute approximate surface area is 135 Å². The summed E-state index contributed by atoms with van der Waals surface area (Å²) in [6.07, 6.45) is 2.77. The largest absolute Gasteiger partial charge is 0.304 e. The monoisotopic (exact) mass is 424 g/mol. The van der Waals surface area contributed by atoms with Crippen molar-refractivity contribution < 1.29 is 4.79 Å². The molecule has 0 aliphatic heterocycles. The molecule has 9 heteroatoms. The molecular formula is C10H4Br2Cl2N4O. The lowest BCUT2D eigenvalue weighted by Gasteiger charge is -2.07. The van der Waals surface area contributed by atoms with Crippen LogP contribution in [0.25, 0.3) is 0 Å². The Morgan fingerprint density at radius 1 is 1.21 bits per heavy atom. The molecule has 0 saturated heterocycles. The normalized spacial score (nSPS) is 10.3. The number of amides is 1. The first-order valence-electron chi connectivity index (χ1n) is 4.78. The van der Waals surface area contributed by atoms with Gasteiger partial charge < -0.3 is 5.32 Å². The van der Waals surface area contributed by atoms with Gasteiger partial charge in [-0.15, -0.1) is 0 Å². The van der Waals surface area contributed by atoms with Gasteiger partial charge in [-0.3, -0.25) is 4.79 Å². The van der Waals surface area contributed by atoms with E-state index in [0.717, 1.165) is 0 Å². The summed E-state index contributed by atoms with van der Waals surface area (Å²) in [5.41, 5.74) is 0.207. The molecule has 0 aliphatic rings. The van der Waals surface area contributed by atoms with Crippen molar-refractivity contribution >= 4 is 66.8 Å². The van der Waals surface area contributed by atoms with Gasteiger partial charge in [0, 0.05) is 6.20 Å². The van der Waals surface area contributed by atoms with E-state index >= 15 is 0 Å². The molecule has 5 nitrogen and oxygen atoms in total. The molecule has 19 heavy (non-hydrogen) atoms. The maximum Gasteiger partial charge on any atom is 0.258 e. The van der Waals surface area contributed by atoms with Crippen molar-refractivity contribution in [1.82, 2.24) is 15.0 Å². The molecule has 1 N–H and O–H groups in total. The van der Waals surface area contributed by atoms with Crippen LogP contribution in [0.3, 0.4) is 0 Å². The van der Waals surface area contributed by atoms with Crippen molar-refractivity contribution in [2.75, 3.05) is 5.32 Å². The number of halogens is 4. The third kappa shape index (κ3) is 3.62. The lowest BCUT2D eigenvalue weighted by Crippen LogP contribution is -2.14. The van der Waals surface area contributed by atoms with Gasteiger partial charge in [0.2, 0.25) is 0 Å². The highest BCUT2D eigenvalue weighted by Crippen LogP contribution is 2.22. The second-order valence-corrected chi connectivity index (χ2v) is 5.63. The van der Waals surface area contributed by atoms with E-state index in [-0.39, 0.29) is 21.6 Å². The number of carbonyl (C=O) groups excluding carboxylic acids is 1. The average Bonchev–Trinajstić information content (AvgIpc) is 2.35. The Morgan fingerprint density at radius 3 is 2.63 bits per heavy atom. The zero-order valence-electron chi connectivity index (χ0n) is 8.99. The lowest BCUT2D eigenvalue weighted by molar-refractivity contribution is 0.102. The van der Waals surface area contributed by atoms with Gasteiger partial charge in [-0.25, -0.2) is 15.0 Å². The van der Waals surface area contributed by atoms with E-state index in [4.69, 9.17) is 23.2 Å². The van der Waals surface area contributed by atoms with E-state index in [1.807, 2.05) is 0 Å². The molecule has 1 amide bonds. The van der Waals surface area contributed by atoms with Crippen molar-refractivity contribution in [2.45, 2.75) is 0 Å². The molecule has 2 rings (SSSR count). The third-order valence-electron chi connectivity index (χ3n) is 2.00. The molecule has 0 fully saturated rings. The van der Waals surface area contributed by atoms with Gasteiger partial charge in [-0.2, -0.15) is 0 Å². The van der Waals surface area contributed by atoms with Crippen LogP contribution in [-0.2, 0) is 0 Å². The number of nitrogens with one attached hydrogen (secondary N) is 1. The molecule has 0 bridgehead atoms.